The Labute approximate surface area is 152 Å². The fourth-order valence-corrected chi connectivity index (χ4v) is 3.20. The van der Waals surface area contributed by atoms with Gasteiger partial charge in [-0.2, -0.15) is 0 Å². The minimum absolute atomic E-state index is 0. The van der Waals surface area contributed by atoms with Crippen molar-refractivity contribution in [3.63, 3.8) is 0 Å². The molecule has 1 saturated heterocycles. The predicted octanol–water partition coefficient (Wildman–Crippen LogP) is 1.19. The van der Waals surface area contributed by atoms with E-state index in [9.17, 15) is 9.59 Å². The van der Waals surface area contributed by atoms with Gasteiger partial charge in [-0.05, 0) is 37.8 Å². The number of rotatable bonds is 4. The fourth-order valence-electron chi connectivity index (χ4n) is 3.20. The third-order valence-electron chi connectivity index (χ3n) is 4.72. The molecule has 1 aliphatic rings. The number of amides is 1. The lowest BCUT2D eigenvalue weighted by Crippen LogP contribution is -2.45. The Kier molecular flexibility index (Phi) is 6.50. The SMILES string of the molecule is CC(N)C1CCCN(C(=O)CCn2nnc3ccccc3c2=O)C1.Cl. The van der Waals surface area contributed by atoms with Gasteiger partial charge >= 0.3 is 0 Å². The van der Waals surface area contributed by atoms with E-state index in [1.165, 1.54) is 4.68 Å². The van der Waals surface area contributed by atoms with Gasteiger partial charge in [-0.25, -0.2) is 4.68 Å². The highest BCUT2D eigenvalue weighted by Crippen LogP contribution is 2.19. The molecule has 2 N–H and O–H groups in total. The van der Waals surface area contributed by atoms with E-state index in [0.29, 0.717) is 23.4 Å². The van der Waals surface area contributed by atoms with Crippen LogP contribution in [-0.4, -0.2) is 44.9 Å². The normalized spacial score (nSPS) is 18.6. The second kappa shape index (κ2) is 8.40. The molecular formula is C17H24ClN5O2. The molecular weight excluding hydrogens is 342 g/mol. The van der Waals surface area contributed by atoms with E-state index in [2.05, 4.69) is 10.3 Å². The Morgan fingerprint density at radius 1 is 1.40 bits per heavy atom. The van der Waals surface area contributed by atoms with E-state index in [1.54, 1.807) is 18.2 Å². The molecule has 2 aromatic rings. The lowest BCUT2D eigenvalue weighted by molar-refractivity contribution is -0.133. The molecule has 2 atom stereocenters. The average molecular weight is 366 g/mol. The summed E-state index contributed by atoms with van der Waals surface area (Å²) >= 11 is 0. The number of hydrogen-bond donors (Lipinski definition) is 1. The van der Waals surface area contributed by atoms with E-state index in [4.69, 9.17) is 5.73 Å². The molecule has 7 nitrogen and oxygen atoms in total. The molecule has 2 unspecified atom stereocenters. The van der Waals surface area contributed by atoms with Crippen molar-refractivity contribution in [1.29, 1.82) is 0 Å². The lowest BCUT2D eigenvalue weighted by atomic mass is 9.92. The van der Waals surface area contributed by atoms with Crippen LogP contribution in [0.25, 0.3) is 10.9 Å². The predicted molar refractivity (Wildman–Crippen MR) is 98.6 cm³/mol. The summed E-state index contributed by atoms with van der Waals surface area (Å²) in [5.74, 6) is 0.396. The van der Waals surface area contributed by atoms with Crippen LogP contribution in [0.4, 0.5) is 0 Å². The van der Waals surface area contributed by atoms with Gasteiger partial charge in [0.25, 0.3) is 5.56 Å². The summed E-state index contributed by atoms with van der Waals surface area (Å²) < 4.78 is 1.27. The van der Waals surface area contributed by atoms with E-state index in [0.717, 1.165) is 19.4 Å². The third-order valence-corrected chi connectivity index (χ3v) is 4.72. The highest BCUT2D eigenvalue weighted by atomic mass is 35.5. The monoisotopic (exact) mass is 365 g/mol. The zero-order valence-corrected chi connectivity index (χ0v) is 15.1. The molecule has 8 heteroatoms. The number of carbonyl (C=O) groups is 1. The largest absolute Gasteiger partial charge is 0.342 e. The number of piperidine rings is 1. The number of hydrogen-bond acceptors (Lipinski definition) is 5. The van der Waals surface area contributed by atoms with E-state index >= 15 is 0 Å². The van der Waals surface area contributed by atoms with Crippen LogP contribution in [0.1, 0.15) is 26.2 Å². The van der Waals surface area contributed by atoms with Gasteiger partial charge in [-0.15, -0.1) is 17.5 Å². The topological polar surface area (TPSA) is 94.1 Å². The number of aromatic nitrogens is 3. The zero-order valence-electron chi connectivity index (χ0n) is 14.3. The van der Waals surface area contributed by atoms with Gasteiger partial charge in [0.05, 0.1) is 11.9 Å². The number of carbonyl (C=O) groups excluding carboxylic acids is 1. The van der Waals surface area contributed by atoms with Crippen molar-refractivity contribution in [3.8, 4) is 0 Å². The molecule has 0 saturated carbocycles. The number of halogens is 1. The Bertz CT molecular complexity index is 792. The number of likely N-dealkylation sites (tertiary alicyclic amines) is 1. The van der Waals surface area contributed by atoms with Crippen molar-refractivity contribution in [2.24, 2.45) is 11.7 Å². The second-order valence-electron chi connectivity index (χ2n) is 6.49. The number of benzene rings is 1. The van der Waals surface area contributed by atoms with Gasteiger partial charge in [0.2, 0.25) is 5.91 Å². The standard InChI is InChI=1S/C17H23N5O2.ClH/c1-12(18)13-5-4-9-21(11-13)16(23)8-10-22-17(24)14-6-2-3-7-15(14)19-20-22;/h2-3,6-7,12-13H,4-5,8-11,18H2,1H3;1H. The van der Waals surface area contributed by atoms with Gasteiger partial charge in [-0.1, -0.05) is 17.3 Å². The number of fused-ring (bicyclic) bond motifs is 1. The molecule has 136 valence electrons. The van der Waals surface area contributed by atoms with Crippen LogP contribution in [-0.2, 0) is 11.3 Å². The van der Waals surface area contributed by atoms with Crippen molar-refractivity contribution in [2.45, 2.75) is 38.8 Å². The van der Waals surface area contributed by atoms with Gasteiger partial charge in [0.15, 0.2) is 0 Å². The highest BCUT2D eigenvalue weighted by molar-refractivity contribution is 5.85. The van der Waals surface area contributed by atoms with Crippen LogP contribution in [0.2, 0.25) is 0 Å². The summed E-state index contributed by atoms with van der Waals surface area (Å²) in [6.07, 6.45) is 2.29. The molecule has 1 aromatic heterocycles. The van der Waals surface area contributed by atoms with E-state index < -0.39 is 0 Å². The minimum Gasteiger partial charge on any atom is -0.342 e. The van der Waals surface area contributed by atoms with Crippen molar-refractivity contribution >= 4 is 29.2 Å². The second-order valence-corrected chi connectivity index (χ2v) is 6.49. The number of nitrogens with zero attached hydrogens (tertiary/aromatic N) is 4. The molecule has 1 aromatic carbocycles. The number of nitrogens with two attached hydrogens (primary N) is 1. The van der Waals surface area contributed by atoms with E-state index in [1.807, 2.05) is 17.9 Å². The van der Waals surface area contributed by atoms with Crippen LogP contribution < -0.4 is 11.3 Å². The molecule has 0 radical (unpaired) electrons. The van der Waals surface area contributed by atoms with Crippen molar-refractivity contribution in [2.75, 3.05) is 13.1 Å². The third kappa shape index (κ3) is 4.35. The van der Waals surface area contributed by atoms with Gasteiger partial charge in [-0.3, -0.25) is 9.59 Å². The fraction of sp³-hybridized carbons (Fsp3) is 0.529. The molecule has 25 heavy (non-hydrogen) atoms. The van der Waals surface area contributed by atoms with Crippen molar-refractivity contribution < 1.29 is 4.79 Å². The molecule has 3 rings (SSSR count). The van der Waals surface area contributed by atoms with Gasteiger partial charge < -0.3 is 10.6 Å². The minimum atomic E-state index is -0.208. The van der Waals surface area contributed by atoms with Gasteiger partial charge in [0.1, 0.15) is 5.52 Å². The van der Waals surface area contributed by atoms with Crippen LogP contribution >= 0.6 is 12.4 Å². The highest BCUT2D eigenvalue weighted by Gasteiger charge is 2.25. The molecule has 1 aliphatic heterocycles. The molecule has 2 heterocycles. The summed E-state index contributed by atoms with van der Waals surface area (Å²) in [7, 11) is 0. The van der Waals surface area contributed by atoms with Crippen molar-refractivity contribution in [1.82, 2.24) is 19.9 Å². The Morgan fingerprint density at radius 3 is 2.92 bits per heavy atom. The maximum Gasteiger partial charge on any atom is 0.277 e. The smallest absolute Gasteiger partial charge is 0.277 e. The maximum atomic E-state index is 12.4. The zero-order chi connectivity index (χ0) is 17.1. The first-order chi connectivity index (χ1) is 11.6. The summed E-state index contributed by atoms with van der Waals surface area (Å²) in [6.45, 7) is 3.70. The molecule has 0 aliphatic carbocycles. The summed E-state index contributed by atoms with van der Waals surface area (Å²) in [5.41, 5.74) is 6.33. The first-order valence-corrected chi connectivity index (χ1v) is 8.42. The maximum absolute atomic E-state index is 12.4. The molecule has 0 spiro atoms. The Balaban J connectivity index is 0.00000225. The van der Waals surface area contributed by atoms with Crippen LogP contribution in [0.15, 0.2) is 29.1 Å². The first kappa shape index (κ1) is 19.3. The average Bonchev–Trinajstić information content (AvgIpc) is 2.61. The lowest BCUT2D eigenvalue weighted by Gasteiger charge is -2.34. The Morgan fingerprint density at radius 2 is 2.16 bits per heavy atom. The van der Waals surface area contributed by atoms with Crippen LogP contribution in [0.3, 0.4) is 0 Å². The van der Waals surface area contributed by atoms with Crippen molar-refractivity contribution in [3.05, 3.63) is 34.6 Å². The molecule has 1 amide bonds. The van der Waals surface area contributed by atoms with Crippen LogP contribution in [0.5, 0.6) is 0 Å². The quantitative estimate of drug-likeness (QED) is 0.878. The molecule has 0 bridgehead atoms. The number of aryl methyl sites for hydroxylation is 1. The summed E-state index contributed by atoms with van der Waals surface area (Å²) in [6, 6.07) is 7.18. The summed E-state index contributed by atoms with van der Waals surface area (Å²) in [4.78, 5) is 26.7. The van der Waals surface area contributed by atoms with Gasteiger partial charge in [0, 0.05) is 25.6 Å². The molecule has 1 fully saturated rings. The van der Waals surface area contributed by atoms with E-state index in [-0.39, 0.29) is 42.9 Å². The Hall–Kier alpha value is -1.99. The summed E-state index contributed by atoms with van der Waals surface area (Å²) in [5, 5.41) is 8.49. The van der Waals surface area contributed by atoms with Crippen LogP contribution in [0, 0.1) is 5.92 Å². The first-order valence-electron chi connectivity index (χ1n) is 8.42.